The van der Waals surface area contributed by atoms with Crippen molar-refractivity contribution >= 4 is 71.7 Å². The standard InChI is InChI=1S/C31H18O4S2/c32-26-22-16-14-18-8-4-6-10-20(18)28(22)36-30(34)24(26)12-2-1-3-13-25-27(33)23-17-15-19-9-5-7-11-21(19)29(23)37-31(25)35/h1-17,32H/p-1. The van der Waals surface area contributed by atoms with Gasteiger partial charge in [-0.1, -0.05) is 108 Å². The van der Waals surface area contributed by atoms with Gasteiger partial charge in [-0.2, -0.15) is 0 Å². The highest BCUT2D eigenvalue weighted by Gasteiger charge is 2.30. The molecule has 1 aliphatic rings. The monoisotopic (exact) mass is 517 g/mol. The lowest BCUT2D eigenvalue weighted by molar-refractivity contribution is -0.266. The number of carbonyl (C=O) groups is 2. The van der Waals surface area contributed by atoms with E-state index in [1.165, 1.54) is 12.2 Å². The maximum absolute atomic E-state index is 13.0. The van der Waals surface area contributed by atoms with Crippen LogP contribution in [-0.2, 0) is 4.79 Å². The first-order valence-electron chi connectivity index (χ1n) is 11.5. The lowest BCUT2D eigenvalue weighted by Gasteiger charge is -2.17. The fraction of sp³-hybridized carbons (Fsp3) is 0. The molecule has 0 spiro atoms. The normalized spacial score (nSPS) is 15.1. The van der Waals surface area contributed by atoms with Crippen molar-refractivity contribution in [3.8, 4) is 5.75 Å². The van der Waals surface area contributed by atoms with Gasteiger partial charge < -0.3 is 5.11 Å². The molecule has 5 aromatic rings. The zero-order valence-corrected chi connectivity index (χ0v) is 20.9. The van der Waals surface area contributed by atoms with Gasteiger partial charge >= 0.3 is 0 Å². The Balaban J connectivity index is 1.29. The van der Waals surface area contributed by atoms with Crippen LogP contribution in [0.5, 0.6) is 5.75 Å². The smallest absolute Gasteiger partial charge is 0.239 e. The minimum Gasteiger partial charge on any atom is -0.872 e. The Kier molecular flexibility index (Phi) is 5.83. The second kappa shape index (κ2) is 9.32. The average molecular weight is 518 g/mol. The van der Waals surface area contributed by atoms with E-state index in [0.717, 1.165) is 44.6 Å². The summed E-state index contributed by atoms with van der Waals surface area (Å²) in [6, 6.07) is 22.6. The highest BCUT2D eigenvalue weighted by molar-refractivity contribution is 8.14. The van der Waals surface area contributed by atoms with Gasteiger partial charge in [-0.3, -0.25) is 14.4 Å². The van der Waals surface area contributed by atoms with Crippen molar-refractivity contribution in [2.75, 3.05) is 0 Å². The van der Waals surface area contributed by atoms with Gasteiger partial charge in [0.05, 0.1) is 5.57 Å². The van der Waals surface area contributed by atoms with Crippen LogP contribution in [-0.4, -0.2) is 10.9 Å². The minimum absolute atomic E-state index is 0.0891. The topological polar surface area (TPSA) is 74.3 Å². The second-order valence-corrected chi connectivity index (χ2v) is 10.5. The van der Waals surface area contributed by atoms with E-state index in [9.17, 15) is 19.5 Å². The third-order valence-electron chi connectivity index (χ3n) is 6.32. The molecule has 0 N–H and O–H groups in total. The fourth-order valence-corrected chi connectivity index (χ4v) is 6.53. The maximum atomic E-state index is 13.0. The van der Waals surface area contributed by atoms with Gasteiger partial charge in [-0.05, 0) is 50.8 Å². The molecule has 37 heavy (non-hydrogen) atoms. The number of ketones is 1. The highest BCUT2D eigenvalue weighted by Crippen LogP contribution is 2.39. The van der Waals surface area contributed by atoms with Crippen molar-refractivity contribution in [2.45, 2.75) is 4.90 Å². The number of fused-ring (bicyclic) bond motifs is 6. The van der Waals surface area contributed by atoms with E-state index in [4.69, 9.17) is 0 Å². The number of hydrogen-bond donors (Lipinski definition) is 0. The molecular formula is C31H17O4S2-. The molecular weight excluding hydrogens is 500 g/mol. The van der Waals surface area contributed by atoms with E-state index < -0.39 is 0 Å². The Morgan fingerprint density at radius 2 is 1.41 bits per heavy atom. The number of hydrogen-bond acceptors (Lipinski definition) is 6. The summed E-state index contributed by atoms with van der Waals surface area (Å²) in [6.07, 6.45) is 7.70. The van der Waals surface area contributed by atoms with Crippen LogP contribution < -0.4 is 9.85 Å². The van der Waals surface area contributed by atoms with Gasteiger partial charge in [0, 0.05) is 20.7 Å². The number of benzene rings is 4. The summed E-state index contributed by atoms with van der Waals surface area (Å²) in [5.41, 5.74) is 0.688. The molecule has 1 aliphatic heterocycles. The molecule has 178 valence electrons. The Morgan fingerprint density at radius 3 is 2.22 bits per heavy atom. The second-order valence-electron chi connectivity index (χ2n) is 8.50. The Morgan fingerprint density at radius 1 is 0.703 bits per heavy atom. The van der Waals surface area contributed by atoms with Gasteiger partial charge in [-0.25, -0.2) is 0 Å². The first kappa shape index (κ1) is 23.2. The van der Waals surface area contributed by atoms with Crippen LogP contribution in [0, 0.1) is 0 Å². The van der Waals surface area contributed by atoms with E-state index in [1.54, 1.807) is 30.4 Å². The first-order chi connectivity index (χ1) is 18.0. The third kappa shape index (κ3) is 4.00. The summed E-state index contributed by atoms with van der Waals surface area (Å²) < 4.78 is 0.375. The number of allylic oxidation sites excluding steroid dienone is 4. The van der Waals surface area contributed by atoms with Crippen LogP contribution in [0.3, 0.4) is 0 Å². The zero-order valence-electron chi connectivity index (χ0n) is 19.3. The lowest BCUT2D eigenvalue weighted by Crippen LogP contribution is -2.17. The minimum atomic E-state index is -0.314. The van der Waals surface area contributed by atoms with Crippen molar-refractivity contribution in [1.82, 2.24) is 0 Å². The van der Waals surface area contributed by atoms with Crippen molar-refractivity contribution < 1.29 is 14.7 Å². The molecule has 4 nitrogen and oxygen atoms in total. The average Bonchev–Trinajstić information content (AvgIpc) is 2.91. The quantitative estimate of drug-likeness (QED) is 0.116. The Labute approximate surface area is 219 Å². The van der Waals surface area contributed by atoms with Crippen molar-refractivity contribution in [2.24, 2.45) is 0 Å². The molecule has 0 unspecified atom stereocenters. The van der Waals surface area contributed by atoms with Crippen LogP contribution in [0.25, 0.3) is 37.7 Å². The van der Waals surface area contributed by atoms with Crippen molar-refractivity contribution in [3.05, 3.63) is 123 Å². The summed E-state index contributed by atoms with van der Waals surface area (Å²) in [5, 5.41) is 17.0. The largest absolute Gasteiger partial charge is 0.872 e. The molecule has 0 fully saturated rings. The van der Waals surface area contributed by atoms with Crippen molar-refractivity contribution in [3.63, 3.8) is 0 Å². The molecule has 0 bridgehead atoms. The van der Waals surface area contributed by atoms with Gasteiger partial charge in [0.1, 0.15) is 0 Å². The Hall–Kier alpha value is -4.26. The van der Waals surface area contributed by atoms with E-state index in [-0.39, 0.29) is 32.5 Å². The summed E-state index contributed by atoms with van der Waals surface area (Å²) in [7, 11) is 0. The van der Waals surface area contributed by atoms with Crippen LogP contribution in [0.4, 0.5) is 0 Å². The van der Waals surface area contributed by atoms with Crippen LogP contribution in [0.15, 0.2) is 112 Å². The van der Waals surface area contributed by atoms with Gasteiger partial charge in [-0.15, -0.1) is 0 Å². The number of thioether (sulfide) groups is 1. The summed E-state index contributed by atoms with van der Waals surface area (Å²) in [6.45, 7) is 0. The summed E-state index contributed by atoms with van der Waals surface area (Å²) in [5.74, 6) is -0.629. The molecule has 2 heterocycles. The molecule has 0 radical (unpaired) electrons. The molecule has 0 aliphatic carbocycles. The third-order valence-corrected chi connectivity index (χ3v) is 8.41. The van der Waals surface area contributed by atoms with Gasteiger partial charge in [0.2, 0.25) is 9.86 Å². The molecule has 0 amide bonds. The summed E-state index contributed by atoms with van der Waals surface area (Å²) >= 11 is 2.12. The van der Waals surface area contributed by atoms with E-state index >= 15 is 0 Å². The van der Waals surface area contributed by atoms with Crippen LogP contribution in [0.2, 0.25) is 0 Å². The van der Waals surface area contributed by atoms with Crippen molar-refractivity contribution in [1.29, 1.82) is 0 Å². The van der Waals surface area contributed by atoms with E-state index in [2.05, 4.69) is 0 Å². The molecule has 0 atom stereocenters. The fourth-order valence-electron chi connectivity index (χ4n) is 4.49. The van der Waals surface area contributed by atoms with Gasteiger partial charge in [0.25, 0.3) is 0 Å². The molecule has 0 saturated carbocycles. The van der Waals surface area contributed by atoms with Crippen LogP contribution >= 0.6 is 23.1 Å². The molecule has 1 aromatic heterocycles. The molecule has 6 heteroatoms. The predicted molar refractivity (Wildman–Crippen MR) is 150 cm³/mol. The van der Waals surface area contributed by atoms with E-state index in [1.807, 2.05) is 60.7 Å². The predicted octanol–water partition coefficient (Wildman–Crippen LogP) is 6.65. The van der Waals surface area contributed by atoms with Gasteiger partial charge in [0.15, 0.2) is 5.78 Å². The lowest BCUT2D eigenvalue weighted by atomic mass is 9.99. The Bertz CT molecular complexity index is 1930. The maximum Gasteiger partial charge on any atom is 0.239 e. The van der Waals surface area contributed by atoms with E-state index in [0.29, 0.717) is 20.5 Å². The summed E-state index contributed by atoms with van der Waals surface area (Å²) in [4.78, 5) is 39.2. The number of carbonyl (C=O) groups excluding carboxylic acids is 2. The van der Waals surface area contributed by atoms with Crippen LogP contribution in [0.1, 0.15) is 15.9 Å². The molecule has 0 saturated heterocycles. The SMILES string of the molecule is O=C1Sc2c(ccc3ccccc23)C(=O)C1=CC=CC=Cc1c([O-])c2ccc3ccccc3c2sc1=O. The first-order valence-corrected chi connectivity index (χ1v) is 13.2. The molecule has 6 rings (SSSR count). The highest BCUT2D eigenvalue weighted by atomic mass is 32.2. The number of rotatable bonds is 3. The molecule has 4 aromatic carbocycles. The zero-order chi connectivity index (χ0) is 25.5. The number of Topliss-reactive ketones (excluding diaryl/α,β-unsaturated/α-hetero) is 1.